The molecule has 4 heteroatoms. The number of Topliss-reactive ketones (excluding diaryl/α,β-unsaturated/α-hetero) is 1. The Morgan fingerprint density at radius 1 is 1.58 bits per heavy atom. The van der Waals surface area contributed by atoms with Gasteiger partial charge in [0.05, 0.1) is 8.59 Å². The Bertz CT molecular complexity index is 336. The number of carbonyl (C=O) groups is 1. The fraction of sp³-hybridized carbons (Fsp3) is 0.125. The molecule has 0 aliphatic heterocycles. The van der Waals surface area contributed by atoms with Crippen LogP contribution in [0.25, 0.3) is 0 Å². The summed E-state index contributed by atoms with van der Waals surface area (Å²) in [6.07, 6.45) is 0. The third-order valence-electron chi connectivity index (χ3n) is 1.42. The lowest BCUT2D eigenvalue weighted by atomic mass is 10.1. The lowest BCUT2D eigenvalue weighted by molar-refractivity contribution is 0.101. The standard InChI is InChI=1S/C8H6ClIO2/c1-4(11)5-2-7(10)8(12)3-6(5)9/h2-3,12H,1H3. The molecule has 1 N–H and O–H groups in total. The first-order valence-corrected chi connectivity index (χ1v) is 4.67. The van der Waals surface area contributed by atoms with Crippen LogP contribution >= 0.6 is 34.2 Å². The summed E-state index contributed by atoms with van der Waals surface area (Å²) in [5.41, 5.74) is 0.443. The minimum atomic E-state index is -0.0992. The maximum atomic E-state index is 11.0. The Hall–Kier alpha value is -0.290. The minimum absolute atomic E-state index is 0.0992. The highest BCUT2D eigenvalue weighted by atomic mass is 127. The van der Waals surface area contributed by atoms with Crippen LogP contribution in [-0.2, 0) is 0 Å². The molecule has 1 rings (SSSR count). The molecule has 1 aromatic rings. The summed E-state index contributed by atoms with van der Waals surface area (Å²) in [7, 11) is 0. The summed E-state index contributed by atoms with van der Waals surface area (Å²) >= 11 is 7.65. The zero-order valence-corrected chi connectivity index (χ0v) is 9.18. The number of rotatable bonds is 1. The van der Waals surface area contributed by atoms with Crippen molar-refractivity contribution in [1.82, 2.24) is 0 Å². The minimum Gasteiger partial charge on any atom is -0.507 e. The topological polar surface area (TPSA) is 37.3 Å². The molecule has 0 saturated heterocycles. The van der Waals surface area contributed by atoms with Gasteiger partial charge in [-0.15, -0.1) is 0 Å². The average Bonchev–Trinajstić information content (AvgIpc) is 1.96. The number of carbonyl (C=O) groups excluding carboxylic acids is 1. The maximum Gasteiger partial charge on any atom is 0.161 e. The molecule has 0 amide bonds. The molecule has 0 heterocycles. The Labute approximate surface area is 88.7 Å². The SMILES string of the molecule is CC(=O)c1cc(I)c(O)cc1Cl. The van der Waals surface area contributed by atoms with E-state index >= 15 is 0 Å². The van der Waals surface area contributed by atoms with Gasteiger partial charge in [-0.2, -0.15) is 0 Å². The van der Waals surface area contributed by atoms with Crippen molar-refractivity contribution in [2.45, 2.75) is 6.92 Å². The first-order valence-electron chi connectivity index (χ1n) is 3.21. The monoisotopic (exact) mass is 296 g/mol. The normalized spacial score (nSPS) is 9.92. The van der Waals surface area contributed by atoms with Crippen molar-refractivity contribution in [3.8, 4) is 5.75 Å². The number of hydrogen-bond donors (Lipinski definition) is 1. The first-order chi connectivity index (χ1) is 5.52. The number of phenols is 1. The van der Waals surface area contributed by atoms with Crippen molar-refractivity contribution >= 4 is 40.0 Å². The lowest BCUT2D eigenvalue weighted by Gasteiger charge is -2.02. The van der Waals surface area contributed by atoms with Gasteiger partial charge in [0.2, 0.25) is 0 Å². The highest BCUT2D eigenvalue weighted by molar-refractivity contribution is 14.1. The molecule has 0 atom stereocenters. The lowest BCUT2D eigenvalue weighted by Crippen LogP contribution is -1.93. The van der Waals surface area contributed by atoms with Crippen LogP contribution in [0.5, 0.6) is 5.75 Å². The molecule has 0 saturated carbocycles. The predicted octanol–water partition coefficient (Wildman–Crippen LogP) is 2.85. The fourth-order valence-corrected chi connectivity index (χ4v) is 1.56. The van der Waals surface area contributed by atoms with E-state index in [-0.39, 0.29) is 11.5 Å². The van der Waals surface area contributed by atoms with Crippen LogP contribution in [0.15, 0.2) is 12.1 Å². The Morgan fingerprint density at radius 2 is 2.17 bits per heavy atom. The molecule has 0 fully saturated rings. The molecular formula is C8H6ClIO2. The fourth-order valence-electron chi connectivity index (χ4n) is 0.806. The summed E-state index contributed by atoms with van der Waals surface area (Å²) in [5, 5.41) is 9.50. The second-order valence-electron chi connectivity index (χ2n) is 2.34. The zero-order chi connectivity index (χ0) is 9.30. The number of hydrogen-bond acceptors (Lipinski definition) is 2. The van der Waals surface area contributed by atoms with Gasteiger partial charge >= 0.3 is 0 Å². The van der Waals surface area contributed by atoms with Crippen molar-refractivity contribution < 1.29 is 9.90 Å². The van der Waals surface area contributed by atoms with E-state index in [0.717, 1.165) is 0 Å². The van der Waals surface area contributed by atoms with Crippen LogP contribution in [0.4, 0.5) is 0 Å². The molecule has 0 spiro atoms. The van der Waals surface area contributed by atoms with E-state index in [0.29, 0.717) is 14.2 Å². The van der Waals surface area contributed by atoms with Crippen LogP contribution in [0.3, 0.4) is 0 Å². The number of ketones is 1. The van der Waals surface area contributed by atoms with Crippen LogP contribution in [-0.4, -0.2) is 10.9 Å². The highest BCUT2D eigenvalue weighted by Gasteiger charge is 2.08. The van der Waals surface area contributed by atoms with Gasteiger partial charge in [-0.3, -0.25) is 4.79 Å². The van der Waals surface area contributed by atoms with Crippen LogP contribution < -0.4 is 0 Å². The van der Waals surface area contributed by atoms with Gasteiger partial charge in [0.1, 0.15) is 5.75 Å². The smallest absolute Gasteiger partial charge is 0.161 e. The van der Waals surface area contributed by atoms with Crippen molar-refractivity contribution in [2.75, 3.05) is 0 Å². The van der Waals surface area contributed by atoms with E-state index in [9.17, 15) is 9.90 Å². The number of phenolic OH excluding ortho intramolecular Hbond substituents is 1. The summed E-state index contributed by atoms with van der Waals surface area (Å²) in [6.45, 7) is 1.44. The van der Waals surface area contributed by atoms with Crippen molar-refractivity contribution in [1.29, 1.82) is 0 Å². The third kappa shape index (κ3) is 1.90. The summed E-state index contributed by atoms with van der Waals surface area (Å²) in [4.78, 5) is 11.0. The molecule has 2 nitrogen and oxygen atoms in total. The van der Waals surface area contributed by atoms with E-state index < -0.39 is 0 Å². The van der Waals surface area contributed by atoms with Crippen LogP contribution in [0, 0.1) is 3.57 Å². The van der Waals surface area contributed by atoms with Gasteiger partial charge in [-0.25, -0.2) is 0 Å². The Balaban J connectivity index is 3.33. The van der Waals surface area contributed by atoms with Crippen LogP contribution in [0.2, 0.25) is 5.02 Å². The quantitative estimate of drug-likeness (QED) is 0.639. The molecule has 0 bridgehead atoms. The molecule has 64 valence electrons. The largest absolute Gasteiger partial charge is 0.507 e. The van der Waals surface area contributed by atoms with Gasteiger partial charge in [0, 0.05) is 11.6 Å². The predicted molar refractivity (Wildman–Crippen MR) is 55.8 cm³/mol. The van der Waals surface area contributed by atoms with Gasteiger partial charge in [-0.1, -0.05) is 11.6 Å². The molecule has 0 aromatic heterocycles. The van der Waals surface area contributed by atoms with E-state index in [1.54, 1.807) is 6.07 Å². The summed E-state index contributed by atoms with van der Waals surface area (Å²) < 4.78 is 0.627. The molecular weight excluding hydrogens is 290 g/mol. The molecule has 1 aromatic carbocycles. The molecule has 0 aliphatic carbocycles. The Morgan fingerprint density at radius 3 is 2.67 bits per heavy atom. The molecule has 0 unspecified atom stereocenters. The van der Waals surface area contributed by atoms with E-state index in [1.807, 2.05) is 22.6 Å². The van der Waals surface area contributed by atoms with E-state index in [4.69, 9.17) is 11.6 Å². The Kier molecular flexibility index (Phi) is 2.95. The number of aromatic hydroxyl groups is 1. The number of halogens is 2. The van der Waals surface area contributed by atoms with Gasteiger partial charge in [0.15, 0.2) is 5.78 Å². The molecule has 0 aliphatic rings. The van der Waals surface area contributed by atoms with Crippen molar-refractivity contribution in [3.63, 3.8) is 0 Å². The summed E-state index contributed by atoms with van der Waals surface area (Å²) in [6, 6.07) is 2.95. The van der Waals surface area contributed by atoms with E-state index in [2.05, 4.69) is 0 Å². The van der Waals surface area contributed by atoms with Gasteiger partial charge in [-0.05, 0) is 35.6 Å². The average molecular weight is 296 g/mol. The second-order valence-corrected chi connectivity index (χ2v) is 3.91. The highest BCUT2D eigenvalue weighted by Crippen LogP contribution is 2.27. The van der Waals surface area contributed by atoms with Crippen molar-refractivity contribution in [2.24, 2.45) is 0 Å². The summed E-state index contributed by atoms with van der Waals surface area (Å²) in [5.74, 6) is 0.00326. The zero-order valence-electron chi connectivity index (χ0n) is 6.27. The van der Waals surface area contributed by atoms with Gasteiger partial charge < -0.3 is 5.11 Å². The molecule has 0 radical (unpaired) electrons. The molecule has 12 heavy (non-hydrogen) atoms. The first kappa shape index (κ1) is 9.80. The van der Waals surface area contributed by atoms with Gasteiger partial charge in [0.25, 0.3) is 0 Å². The van der Waals surface area contributed by atoms with Crippen molar-refractivity contribution in [3.05, 3.63) is 26.3 Å². The second kappa shape index (κ2) is 3.62. The maximum absolute atomic E-state index is 11.0. The number of benzene rings is 1. The third-order valence-corrected chi connectivity index (χ3v) is 2.59. The van der Waals surface area contributed by atoms with E-state index in [1.165, 1.54) is 13.0 Å². The van der Waals surface area contributed by atoms with Crippen LogP contribution in [0.1, 0.15) is 17.3 Å².